The van der Waals surface area contributed by atoms with Crippen LogP contribution in [0.5, 0.6) is 0 Å². The number of benzene rings is 3. The molecule has 1 N–H and O–H groups in total. The second-order valence-electron chi connectivity index (χ2n) is 8.03. The van der Waals surface area contributed by atoms with Gasteiger partial charge in [0.15, 0.2) is 0 Å². The Bertz CT molecular complexity index is 1110. The molecule has 0 amide bonds. The van der Waals surface area contributed by atoms with Crippen LogP contribution in [0.25, 0.3) is 0 Å². The average Bonchev–Trinajstić information content (AvgIpc) is 2.86. The lowest BCUT2D eigenvalue weighted by Crippen LogP contribution is -2.46. The summed E-state index contributed by atoms with van der Waals surface area (Å²) in [7, 11) is -3.85. The van der Waals surface area contributed by atoms with Crippen LogP contribution in [-0.2, 0) is 48.3 Å². The number of ether oxygens (including phenoxy) is 3. The number of hydrogen-bond donors (Lipinski definition) is 1. The van der Waals surface area contributed by atoms with Crippen molar-refractivity contribution in [3.05, 3.63) is 108 Å². The Kier molecular flexibility index (Phi) is 10.6. The Morgan fingerprint density at radius 1 is 0.743 bits per heavy atom. The number of hydrogen-bond acceptors (Lipinski definition) is 7. The normalized spacial score (nSPS) is 14.2. The Morgan fingerprint density at radius 2 is 1.20 bits per heavy atom. The highest BCUT2D eigenvalue weighted by Crippen LogP contribution is 2.19. The Hall–Kier alpha value is -2.88. The molecule has 0 aliphatic rings. The van der Waals surface area contributed by atoms with Crippen molar-refractivity contribution in [3.63, 3.8) is 0 Å². The molecule has 0 unspecified atom stereocenters. The molecule has 7 nitrogen and oxygen atoms in total. The number of rotatable bonds is 15. The van der Waals surface area contributed by atoms with Crippen molar-refractivity contribution >= 4 is 16.3 Å². The molecule has 3 atom stereocenters. The maximum absolute atomic E-state index is 12.1. The van der Waals surface area contributed by atoms with E-state index in [1.807, 2.05) is 91.0 Å². The summed E-state index contributed by atoms with van der Waals surface area (Å²) in [5.41, 5.74) is 2.76. The molecule has 3 aromatic rings. The summed E-state index contributed by atoms with van der Waals surface area (Å²) in [4.78, 5) is 0. The van der Waals surface area contributed by atoms with Crippen LogP contribution in [0.3, 0.4) is 0 Å². The van der Waals surface area contributed by atoms with Crippen molar-refractivity contribution in [1.82, 2.24) is 0 Å². The smallest absolute Gasteiger partial charge is 0.264 e. The van der Waals surface area contributed by atoms with Gasteiger partial charge in [-0.2, -0.15) is 8.42 Å². The fraction of sp³-hybridized carbons (Fsp3) is 0.296. The molecule has 0 aliphatic heterocycles. The van der Waals surface area contributed by atoms with Crippen molar-refractivity contribution in [2.75, 3.05) is 12.9 Å². The molecule has 3 aromatic carbocycles. The molecule has 0 spiro atoms. The molecular formula is C27H31NO6S. The first-order chi connectivity index (χ1) is 16.9. The van der Waals surface area contributed by atoms with Gasteiger partial charge in [-0.1, -0.05) is 91.0 Å². The molecule has 0 saturated heterocycles. The lowest BCUT2D eigenvalue weighted by molar-refractivity contribution is -0.117. The van der Waals surface area contributed by atoms with Crippen LogP contribution in [0, 0.1) is 5.41 Å². The van der Waals surface area contributed by atoms with Gasteiger partial charge in [-0.05, 0) is 16.7 Å². The Morgan fingerprint density at radius 3 is 1.66 bits per heavy atom. The highest BCUT2D eigenvalue weighted by molar-refractivity contribution is 7.86. The second kappa shape index (κ2) is 13.9. The summed E-state index contributed by atoms with van der Waals surface area (Å²) >= 11 is 0. The molecule has 0 aliphatic carbocycles. The van der Waals surface area contributed by atoms with Gasteiger partial charge in [-0.25, -0.2) is 0 Å². The molecule has 0 bridgehead atoms. The van der Waals surface area contributed by atoms with Crippen LogP contribution < -0.4 is 0 Å². The fourth-order valence-electron chi connectivity index (χ4n) is 3.45. The predicted molar refractivity (Wildman–Crippen MR) is 135 cm³/mol. The summed E-state index contributed by atoms with van der Waals surface area (Å²) in [5, 5.41) is 8.00. The standard InChI is InChI=1S/C27H31NO6S/c1-35(29,30)34-26(21-31-18-22-11-5-2-6-12-22)27(33-20-24-15-9-4-10-16-24)25(17-28)32-19-23-13-7-3-8-14-23/h2-17,25-28H,18-21H2,1H3/t25-,26+,27+/m0/s1. The van der Waals surface area contributed by atoms with Crippen molar-refractivity contribution in [1.29, 1.82) is 5.41 Å². The van der Waals surface area contributed by atoms with Crippen molar-refractivity contribution in [3.8, 4) is 0 Å². The van der Waals surface area contributed by atoms with Gasteiger partial charge >= 0.3 is 0 Å². The van der Waals surface area contributed by atoms with Gasteiger partial charge in [0.1, 0.15) is 18.3 Å². The molecule has 0 radical (unpaired) electrons. The van der Waals surface area contributed by atoms with E-state index in [2.05, 4.69) is 0 Å². The molecule has 0 aromatic heterocycles. The van der Waals surface area contributed by atoms with E-state index in [-0.39, 0.29) is 26.4 Å². The van der Waals surface area contributed by atoms with Crippen LogP contribution in [0.2, 0.25) is 0 Å². The summed E-state index contributed by atoms with van der Waals surface area (Å²) in [5.74, 6) is 0. The molecule has 35 heavy (non-hydrogen) atoms. The second-order valence-corrected chi connectivity index (χ2v) is 9.63. The first-order valence-corrected chi connectivity index (χ1v) is 13.1. The number of nitrogens with one attached hydrogen (secondary N) is 1. The van der Waals surface area contributed by atoms with Crippen LogP contribution in [0.15, 0.2) is 91.0 Å². The minimum Gasteiger partial charge on any atom is -0.374 e. The molecule has 0 fully saturated rings. The van der Waals surface area contributed by atoms with Gasteiger partial charge in [-0.3, -0.25) is 4.18 Å². The van der Waals surface area contributed by atoms with Crippen molar-refractivity contribution < 1.29 is 26.8 Å². The zero-order chi connectivity index (χ0) is 24.9. The van der Waals surface area contributed by atoms with E-state index >= 15 is 0 Å². The zero-order valence-electron chi connectivity index (χ0n) is 19.7. The van der Waals surface area contributed by atoms with Gasteiger partial charge in [0.05, 0.1) is 32.7 Å². The first kappa shape index (κ1) is 26.7. The maximum Gasteiger partial charge on any atom is 0.264 e. The third kappa shape index (κ3) is 9.71. The van der Waals surface area contributed by atoms with Gasteiger partial charge < -0.3 is 19.6 Å². The molecule has 8 heteroatoms. The first-order valence-electron chi connectivity index (χ1n) is 11.3. The molecule has 0 heterocycles. The molecule has 186 valence electrons. The predicted octanol–water partition coefficient (Wildman–Crippen LogP) is 4.37. The van der Waals surface area contributed by atoms with Gasteiger partial charge in [0.25, 0.3) is 10.1 Å². The lowest BCUT2D eigenvalue weighted by Gasteiger charge is -2.31. The summed E-state index contributed by atoms with van der Waals surface area (Å²) < 4.78 is 47.6. The van der Waals surface area contributed by atoms with Crippen LogP contribution in [0.4, 0.5) is 0 Å². The van der Waals surface area contributed by atoms with Crippen molar-refractivity contribution in [2.45, 2.75) is 38.1 Å². The summed E-state index contributed by atoms with van der Waals surface area (Å²) in [6.45, 7) is 0.617. The van der Waals surface area contributed by atoms with Gasteiger partial charge in [0.2, 0.25) is 0 Å². The minimum atomic E-state index is -3.85. The fourth-order valence-corrected chi connectivity index (χ4v) is 4.07. The summed E-state index contributed by atoms with van der Waals surface area (Å²) in [6, 6.07) is 28.5. The summed E-state index contributed by atoms with van der Waals surface area (Å²) in [6.07, 6.45) is -0.725. The molecule has 3 rings (SSSR count). The van der Waals surface area contributed by atoms with E-state index < -0.39 is 28.4 Å². The molecular weight excluding hydrogens is 466 g/mol. The lowest BCUT2D eigenvalue weighted by atomic mass is 10.1. The van der Waals surface area contributed by atoms with E-state index in [0.29, 0.717) is 0 Å². The minimum absolute atomic E-state index is 0.0690. The van der Waals surface area contributed by atoms with E-state index in [4.69, 9.17) is 23.8 Å². The zero-order valence-corrected chi connectivity index (χ0v) is 20.5. The van der Waals surface area contributed by atoms with Crippen LogP contribution in [0.1, 0.15) is 16.7 Å². The topological polar surface area (TPSA) is 94.9 Å². The average molecular weight is 498 g/mol. The SMILES string of the molecule is CS(=O)(=O)O[C@H](COCc1ccccc1)[C@H](OCc1ccccc1)[C@H](C=N)OCc1ccccc1. The van der Waals surface area contributed by atoms with Crippen molar-refractivity contribution in [2.24, 2.45) is 0 Å². The third-order valence-electron chi connectivity index (χ3n) is 5.12. The van der Waals surface area contributed by atoms with E-state index in [1.54, 1.807) is 0 Å². The van der Waals surface area contributed by atoms with E-state index in [1.165, 1.54) is 0 Å². The third-order valence-corrected chi connectivity index (χ3v) is 5.71. The van der Waals surface area contributed by atoms with E-state index in [0.717, 1.165) is 29.2 Å². The monoisotopic (exact) mass is 497 g/mol. The van der Waals surface area contributed by atoms with E-state index in [9.17, 15) is 8.42 Å². The Labute approximate surface area is 207 Å². The highest BCUT2D eigenvalue weighted by Gasteiger charge is 2.34. The largest absolute Gasteiger partial charge is 0.374 e. The Balaban J connectivity index is 1.78. The van der Waals surface area contributed by atoms with Crippen LogP contribution in [-0.4, -0.2) is 45.8 Å². The van der Waals surface area contributed by atoms with Crippen LogP contribution >= 0.6 is 0 Å². The van der Waals surface area contributed by atoms with Gasteiger partial charge in [-0.15, -0.1) is 0 Å². The van der Waals surface area contributed by atoms with Gasteiger partial charge in [0, 0.05) is 6.21 Å². The highest BCUT2D eigenvalue weighted by atomic mass is 32.2. The molecule has 0 saturated carbocycles. The maximum atomic E-state index is 12.1. The quantitative estimate of drug-likeness (QED) is 0.248.